The molecule has 2 aromatic carbocycles. The summed E-state index contributed by atoms with van der Waals surface area (Å²) in [5.74, 6) is -0.368. The van der Waals surface area contributed by atoms with Gasteiger partial charge in [0, 0.05) is 20.1 Å². The molecule has 1 N–H and O–H groups in total. The van der Waals surface area contributed by atoms with Gasteiger partial charge in [0.2, 0.25) is 15.9 Å². The molecular weight excluding hydrogens is 312 g/mol. The van der Waals surface area contributed by atoms with E-state index in [0.717, 1.165) is 17.2 Å². The maximum absolute atomic E-state index is 12.9. The molecule has 5 nitrogen and oxygen atoms in total. The first-order valence-corrected chi connectivity index (χ1v) is 9.17. The molecule has 1 heterocycles. The topological polar surface area (TPSA) is 66.5 Å². The number of piperidine rings is 1. The van der Waals surface area contributed by atoms with Crippen LogP contribution in [0.5, 0.6) is 0 Å². The number of sulfonamides is 1. The molecule has 3 rings (SSSR count). The monoisotopic (exact) mass is 332 g/mol. The van der Waals surface area contributed by atoms with Gasteiger partial charge in [-0.1, -0.05) is 30.3 Å². The Morgan fingerprint density at radius 1 is 1.17 bits per heavy atom. The van der Waals surface area contributed by atoms with E-state index in [1.807, 2.05) is 30.3 Å². The normalized spacial score (nSPS) is 19.6. The maximum atomic E-state index is 12.9. The molecule has 23 heavy (non-hydrogen) atoms. The summed E-state index contributed by atoms with van der Waals surface area (Å²) in [7, 11) is -1.99. The van der Waals surface area contributed by atoms with Crippen LogP contribution in [0.2, 0.25) is 0 Å². The van der Waals surface area contributed by atoms with Crippen LogP contribution in [-0.2, 0) is 14.8 Å². The Labute approximate surface area is 136 Å². The third kappa shape index (κ3) is 3.09. The smallest absolute Gasteiger partial charge is 0.243 e. The molecule has 6 heteroatoms. The molecule has 0 radical (unpaired) electrons. The third-order valence-electron chi connectivity index (χ3n) is 4.36. The number of nitrogens with one attached hydrogen (secondary N) is 1. The van der Waals surface area contributed by atoms with Crippen molar-refractivity contribution in [1.82, 2.24) is 9.62 Å². The van der Waals surface area contributed by atoms with Gasteiger partial charge in [-0.15, -0.1) is 0 Å². The van der Waals surface area contributed by atoms with Crippen molar-refractivity contribution >= 4 is 26.7 Å². The summed E-state index contributed by atoms with van der Waals surface area (Å²) in [5, 5.41) is 4.51. The lowest BCUT2D eigenvalue weighted by molar-refractivity contribution is -0.125. The largest absolute Gasteiger partial charge is 0.359 e. The number of hydrogen-bond acceptors (Lipinski definition) is 3. The van der Waals surface area contributed by atoms with Gasteiger partial charge in [0.15, 0.2) is 0 Å². The predicted molar refractivity (Wildman–Crippen MR) is 89.5 cm³/mol. The van der Waals surface area contributed by atoms with Crippen molar-refractivity contribution in [3.63, 3.8) is 0 Å². The van der Waals surface area contributed by atoms with Crippen molar-refractivity contribution in [2.75, 3.05) is 20.1 Å². The fourth-order valence-electron chi connectivity index (χ4n) is 3.06. The van der Waals surface area contributed by atoms with Gasteiger partial charge in [0.05, 0.1) is 10.8 Å². The molecule has 1 atom stereocenters. The third-order valence-corrected chi connectivity index (χ3v) is 6.22. The number of carbonyl (C=O) groups excluding carboxylic acids is 1. The Bertz CT molecular complexity index is 833. The second kappa shape index (κ2) is 6.29. The molecule has 0 spiro atoms. The van der Waals surface area contributed by atoms with Gasteiger partial charge < -0.3 is 5.32 Å². The summed E-state index contributed by atoms with van der Waals surface area (Å²) < 4.78 is 27.2. The fraction of sp³-hybridized carbons (Fsp3) is 0.353. The standard InChI is InChI=1S/C17H20N2O3S/c1-18-17(20)15-7-4-10-19(12-15)23(21,22)16-9-8-13-5-2-3-6-14(13)11-16/h2-3,5-6,8-9,11,15H,4,7,10,12H2,1H3,(H,18,20)/t15-/m1/s1. The van der Waals surface area contributed by atoms with E-state index in [2.05, 4.69) is 5.32 Å². The summed E-state index contributed by atoms with van der Waals surface area (Å²) in [6.45, 7) is 0.706. The first-order chi connectivity index (χ1) is 11.0. The van der Waals surface area contributed by atoms with E-state index in [1.54, 1.807) is 19.2 Å². The molecule has 0 aromatic heterocycles. The van der Waals surface area contributed by atoms with E-state index in [1.165, 1.54) is 4.31 Å². The van der Waals surface area contributed by atoms with Crippen molar-refractivity contribution in [2.24, 2.45) is 5.92 Å². The average Bonchev–Trinajstić information content (AvgIpc) is 2.60. The van der Waals surface area contributed by atoms with Crippen LogP contribution in [0.3, 0.4) is 0 Å². The minimum Gasteiger partial charge on any atom is -0.359 e. The summed E-state index contributed by atoms with van der Waals surface area (Å²) in [6.07, 6.45) is 1.42. The Kier molecular flexibility index (Phi) is 4.37. The van der Waals surface area contributed by atoms with Crippen molar-refractivity contribution in [1.29, 1.82) is 0 Å². The van der Waals surface area contributed by atoms with Gasteiger partial charge in [-0.25, -0.2) is 8.42 Å². The zero-order chi connectivity index (χ0) is 16.4. The van der Waals surface area contributed by atoms with Gasteiger partial charge in [0.1, 0.15) is 0 Å². The minimum absolute atomic E-state index is 0.0941. The summed E-state index contributed by atoms with van der Waals surface area (Å²) in [5.41, 5.74) is 0. The van der Waals surface area contributed by atoms with Crippen LogP contribution in [0.4, 0.5) is 0 Å². The predicted octanol–water partition coefficient (Wildman–Crippen LogP) is 1.99. The van der Waals surface area contributed by atoms with E-state index >= 15 is 0 Å². The Morgan fingerprint density at radius 2 is 1.91 bits per heavy atom. The van der Waals surface area contributed by atoms with E-state index in [-0.39, 0.29) is 23.3 Å². The SMILES string of the molecule is CNC(=O)[C@@H]1CCCN(S(=O)(=O)c2ccc3ccccc3c2)C1. The van der Waals surface area contributed by atoms with Crippen molar-refractivity contribution in [3.05, 3.63) is 42.5 Å². The van der Waals surface area contributed by atoms with Gasteiger partial charge >= 0.3 is 0 Å². The van der Waals surface area contributed by atoms with Crippen LogP contribution >= 0.6 is 0 Å². The number of carbonyl (C=O) groups is 1. The van der Waals surface area contributed by atoms with Crippen molar-refractivity contribution in [3.8, 4) is 0 Å². The molecule has 1 amide bonds. The first kappa shape index (κ1) is 16.0. The number of rotatable bonds is 3. The molecule has 0 bridgehead atoms. The van der Waals surface area contributed by atoms with Crippen LogP contribution < -0.4 is 5.32 Å². The highest BCUT2D eigenvalue weighted by Crippen LogP contribution is 2.26. The highest BCUT2D eigenvalue weighted by molar-refractivity contribution is 7.89. The van der Waals surface area contributed by atoms with Crippen molar-refractivity contribution < 1.29 is 13.2 Å². The molecule has 2 aromatic rings. The molecule has 1 aliphatic heterocycles. The minimum atomic E-state index is -3.57. The summed E-state index contributed by atoms with van der Waals surface area (Å²) >= 11 is 0. The Hall–Kier alpha value is -1.92. The van der Waals surface area contributed by atoms with Crippen LogP contribution in [0.1, 0.15) is 12.8 Å². The second-order valence-corrected chi connectivity index (χ2v) is 7.76. The van der Waals surface area contributed by atoms with E-state index in [0.29, 0.717) is 13.0 Å². The molecule has 0 unspecified atom stereocenters. The van der Waals surface area contributed by atoms with Gasteiger partial charge in [0.25, 0.3) is 0 Å². The quantitative estimate of drug-likeness (QED) is 0.935. The number of hydrogen-bond donors (Lipinski definition) is 1. The molecule has 1 aliphatic rings. The van der Waals surface area contributed by atoms with E-state index < -0.39 is 10.0 Å². The molecule has 0 saturated carbocycles. The molecule has 1 fully saturated rings. The summed E-state index contributed by atoms with van der Waals surface area (Å²) in [6, 6.07) is 12.8. The van der Waals surface area contributed by atoms with Gasteiger partial charge in [-0.2, -0.15) is 4.31 Å². The first-order valence-electron chi connectivity index (χ1n) is 7.73. The lowest BCUT2D eigenvalue weighted by Gasteiger charge is -2.31. The van der Waals surface area contributed by atoms with Crippen LogP contribution in [0, 0.1) is 5.92 Å². The molecular formula is C17H20N2O3S. The zero-order valence-corrected chi connectivity index (χ0v) is 13.8. The molecule has 1 saturated heterocycles. The highest BCUT2D eigenvalue weighted by atomic mass is 32.2. The highest BCUT2D eigenvalue weighted by Gasteiger charge is 2.32. The number of fused-ring (bicyclic) bond motifs is 1. The lowest BCUT2D eigenvalue weighted by atomic mass is 9.99. The Morgan fingerprint density at radius 3 is 2.65 bits per heavy atom. The van der Waals surface area contributed by atoms with Crippen LogP contribution in [-0.4, -0.2) is 38.8 Å². The second-order valence-electron chi connectivity index (χ2n) is 5.83. The van der Waals surface area contributed by atoms with Gasteiger partial charge in [-0.3, -0.25) is 4.79 Å². The van der Waals surface area contributed by atoms with E-state index in [9.17, 15) is 13.2 Å². The average molecular weight is 332 g/mol. The number of amides is 1. The fourth-order valence-corrected chi connectivity index (χ4v) is 4.62. The molecule has 0 aliphatic carbocycles. The lowest BCUT2D eigenvalue weighted by Crippen LogP contribution is -2.44. The molecule has 122 valence electrons. The van der Waals surface area contributed by atoms with Crippen LogP contribution in [0.25, 0.3) is 10.8 Å². The maximum Gasteiger partial charge on any atom is 0.243 e. The Balaban J connectivity index is 1.91. The number of benzene rings is 2. The zero-order valence-electron chi connectivity index (χ0n) is 13.0. The summed E-state index contributed by atoms with van der Waals surface area (Å²) in [4.78, 5) is 12.1. The number of nitrogens with zero attached hydrogens (tertiary/aromatic N) is 1. The van der Waals surface area contributed by atoms with Crippen LogP contribution in [0.15, 0.2) is 47.4 Å². The van der Waals surface area contributed by atoms with E-state index in [4.69, 9.17) is 0 Å². The van der Waals surface area contributed by atoms with Gasteiger partial charge in [-0.05, 0) is 35.7 Å². The van der Waals surface area contributed by atoms with Crippen molar-refractivity contribution in [2.45, 2.75) is 17.7 Å².